The molecule has 4 nitrogen and oxygen atoms in total. The standard InChI is InChI=1S/C17H20N2O2/c1-18-19-16-15-10-14(21-3)5-4-12(15)11-17(16)8-6-13(20-2)7-9-17/h4-5,10,13H,6-9,11H2,2-3H3/b19-16+. The van der Waals surface area contributed by atoms with Gasteiger partial charge < -0.3 is 9.47 Å². The fraction of sp³-hybridized carbons (Fsp3) is 0.529. The lowest BCUT2D eigenvalue weighted by molar-refractivity contribution is 0.0468. The summed E-state index contributed by atoms with van der Waals surface area (Å²) in [5.74, 6) is 0.828. The summed E-state index contributed by atoms with van der Waals surface area (Å²) < 4.78 is 10.8. The SMILES string of the molecule is [C-]#[N+]/N=C1\c2cc(OC)ccc2CC12CCC(OC)CC2. The first-order valence-electron chi connectivity index (χ1n) is 7.37. The molecule has 3 rings (SSSR count). The molecule has 4 heteroatoms. The molecule has 21 heavy (non-hydrogen) atoms. The zero-order valence-electron chi connectivity index (χ0n) is 12.6. The van der Waals surface area contributed by atoms with Crippen LogP contribution in [0.2, 0.25) is 0 Å². The molecule has 1 aromatic carbocycles. The Morgan fingerprint density at radius 1 is 1.29 bits per heavy atom. The van der Waals surface area contributed by atoms with E-state index < -0.39 is 0 Å². The third kappa shape index (κ3) is 2.32. The first-order chi connectivity index (χ1) is 10.2. The molecule has 0 radical (unpaired) electrons. The first-order valence-corrected chi connectivity index (χ1v) is 7.37. The lowest BCUT2D eigenvalue weighted by Crippen LogP contribution is -2.35. The quantitative estimate of drug-likeness (QED) is 0.616. The normalized spacial score (nSPS) is 29.4. The molecule has 0 unspecified atom stereocenters. The third-order valence-corrected chi connectivity index (χ3v) is 4.98. The van der Waals surface area contributed by atoms with Crippen molar-refractivity contribution in [3.8, 4) is 5.75 Å². The molecule has 1 fully saturated rings. The summed E-state index contributed by atoms with van der Waals surface area (Å²) in [5, 5.41) is 4.18. The number of methoxy groups -OCH3 is 2. The Kier molecular flexibility index (Phi) is 3.69. The predicted molar refractivity (Wildman–Crippen MR) is 81.5 cm³/mol. The van der Waals surface area contributed by atoms with Gasteiger partial charge in [0.1, 0.15) is 11.5 Å². The summed E-state index contributed by atoms with van der Waals surface area (Å²) in [4.78, 5) is 3.33. The molecular formula is C17H20N2O2. The monoisotopic (exact) mass is 284 g/mol. The van der Waals surface area contributed by atoms with E-state index in [-0.39, 0.29) is 5.41 Å². The van der Waals surface area contributed by atoms with Gasteiger partial charge in [-0.2, -0.15) is 6.57 Å². The van der Waals surface area contributed by atoms with Crippen molar-refractivity contribution in [2.75, 3.05) is 14.2 Å². The molecule has 0 N–H and O–H groups in total. The Balaban J connectivity index is 1.98. The zero-order valence-corrected chi connectivity index (χ0v) is 12.6. The molecule has 110 valence electrons. The molecular weight excluding hydrogens is 264 g/mol. The summed E-state index contributed by atoms with van der Waals surface area (Å²) in [5.41, 5.74) is 3.37. The maximum Gasteiger partial charge on any atom is 0.137 e. The average molecular weight is 284 g/mol. The highest BCUT2D eigenvalue weighted by Gasteiger charge is 2.47. The van der Waals surface area contributed by atoms with Crippen molar-refractivity contribution in [1.82, 2.24) is 0 Å². The Morgan fingerprint density at radius 3 is 2.67 bits per heavy atom. The highest BCUT2D eigenvalue weighted by atomic mass is 16.5. The second-order valence-electron chi connectivity index (χ2n) is 5.96. The van der Waals surface area contributed by atoms with Gasteiger partial charge in [0, 0.05) is 18.1 Å². The fourth-order valence-corrected chi connectivity index (χ4v) is 3.79. The van der Waals surface area contributed by atoms with E-state index in [0.717, 1.165) is 49.1 Å². The number of benzene rings is 1. The first kappa shape index (κ1) is 14.1. The minimum atomic E-state index is 0.0221. The summed E-state index contributed by atoms with van der Waals surface area (Å²) in [6, 6.07) is 6.13. The summed E-state index contributed by atoms with van der Waals surface area (Å²) in [6.45, 7) is 7.17. The van der Waals surface area contributed by atoms with Crippen molar-refractivity contribution in [3.05, 3.63) is 40.9 Å². The number of hydrogen-bond acceptors (Lipinski definition) is 3. The highest BCUT2D eigenvalue weighted by Crippen LogP contribution is 2.48. The second kappa shape index (κ2) is 5.50. The van der Waals surface area contributed by atoms with E-state index in [9.17, 15) is 0 Å². The van der Waals surface area contributed by atoms with Crippen molar-refractivity contribution in [2.24, 2.45) is 10.5 Å². The second-order valence-corrected chi connectivity index (χ2v) is 5.96. The molecule has 0 amide bonds. The van der Waals surface area contributed by atoms with Crippen molar-refractivity contribution in [2.45, 2.75) is 38.2 Å². The predicted octanol–water partition coefficient (Wildman–Crippen LogP) is 3.45. The van der Waals surface area contributed by atoms with Crippen molar-refractivity contribution < 1.29 is 9.47 Å². The molecule has 0 aromatic heterocycles. The Labute approximate surface area is 125 Å². The minimum Gasteiger partial charge on any atom is -0.497 e. The molecule has 2 aliphatic rings. The van der Waals surface area contributed by atoms with E-state index >= 15 is 0 Å². The van der Waals surface area contributed by atoms with E-state index in [1.807, 2.05) is 12.1 Å². The van der Waals surface area contributed by atoms with E-state index in [1.54, 1.807) is 14.2 Å². The molecule has 0 heterocycles. The van der Waals surface area contributed by atoms with Gasteiger partial charge in [0.15, 0.2) is 0 Å². The topological polar surface area (TPSA) is 35.2 Å². The lowest BCUT2D eigenvalue weighted by atomic mass is 9.70. The van der Waals surface area contributed by atoms with Crippen molar-refractivity contribution in [3.63, 3.8) is 0 Å². The molecule has 1 aromatic rings. The Bertz CT molecular complexity index is 608. The van der Waals surface area contributed by atoms with Crippen LogP contribution in [-0.2, 0) is 11.2 Å². The van der Waals surface area contributed by atoms with E-state index in [2.05, 4.69) is 16.1 Å². The van der Waals surface area contributed by atoms with Crippen LogP contribution in [0, 0.1) is 12.0 Å². The highest BCUT2D eigenvalue weighted by molar-refractivity contribution is 6.09. The van der Waals surface area contributed by atoms with Gasteiger partial charge in [-0.3, -0.25) is 0 Å². The number of nitrogens with zero attached hydrogens (tertiary/aromatic N) is 2. The van der Waals surface area contributed by atoms with Gasteiger partial charge >= 0.3 is 0 Å². The molecule has 0 saturated heterocycles. The number of ether oxygens (including phenoxy) is 2. The number of fused-ring (bicyclic) bond motifs is 1. The average Bonchev–Trinajstić information content (AvgIpc) is 2.81. The maximum atomic E-state index is 7.17. The Hall–Kier alpha value is -1.86. The van der Waals surface area contributed by atoms with Crippen molar-refractivity contribution in [1.29, 1.82) is 0 Å². The van der Waals surface area contributed by atoms with E-state index in [4.69, 9.17) is 16.0 Å². The van der Waals surface area contributed by atoms with Gasteiger partial charge in [-0.1, -0.05) is 6.07 Å². The van der Waals surface area contributed by atoms with Crippen LogP contribution in [0.5, 0.6) is 5.75 Å². The van der Waals surface area contributed by atoms with Gasteiger partial charge in [0.05, 0.1) is 18.3 Å². The van der Waals surface area contributed by atoms with Gasteiger partial charge in [0.2, 0.25) is 0 Å². The van der Waals surface area contributed by atoms with Crippen LogP contribution in [0.15, 0.2) is 23.3 Å². The van der Waals surface area contributed by atoms with Crippen LogP contribution in [0.1, 0.15) is 36.8 Å². The zero-order chi connectivity index (χ0) is 14.9. The van der Waals surface area contributed by atoms with Crippen LogP contribution in [0.25, 0.3) is 4.95 Å². The Morgan fingerprint density at radius 2 is 2.05 bits per heavy atom. The number of rotatable bonds is 2. The maximum absolute atomic E-state index is 7.17. The van der Waals surface area contributed by atoms with Gasteiger partial charge in [-0.05, 0) is 49.8 Å². The number of hydrogen-bond donors (Lipinski definition) is 0. The summed E-state index contributed by atoms with van der Waals surface area (Å²) in [7, 11) is 3.45. The smallest absolute Gasteiger partial charge is 0.137 e. The molecule has 0 atom stereocenters. The molecule has 1 saturated carbocycles. The van der Waals surface area contributed by atoms with Crippen LogP contribution in [-0.4, -0.2) is 26.0 Å². The minimum absolute atomic E-state index is 0.0221. The van der Waals surface area contributed by atoms with Crippen LogP contribution in [0.3, 0.4) is 0 Å². The summed E-state index contributed by atoms with van der Waals surface area (Å²) in [6.07, 6.45) is 5.49. The van der Waals surface area contributed by atoms with Gasteiger partial charge in [-0.25, -0.2) is 0 Å². The molecule has 2 aliphatic carbocycles. The van der Waals surface area contributed by atoms with Crippen molar-refractivity contribution >= 4 is 5.71 Å². The van der Waals surface area contributed by atoms with Crippen LogP contribution in [0.4, 0.5) is 0 Å². The van der Waals surface area contributed by atoms with Crippen LogP contribution >= 0.6 is 0 Å². The van der Waals surface area contributed by atoms with E-state index in [1.165, 1.54) is 5.56 Å². The third-order valence-electron chi connectivity index (χ3n) is 4.98. The molecule has 0 bridgehead atoms. The lowest BCUT2D eigenvalue weighted by Gasteiger charge is -2.35. The largest absolute Gasteiger partial charge is 0.497 e. The summed E-state index contributed by atoms with van der Waals surface area (Å²) >= 11 is 0. The van der Waals surface area contributed by atoms with Gasteiger partial charge in [-0.15, -0.1) is 4.95 Å². The van der Waals surface area contributed by atoms with E-state index in [0.29, 0.717) is 6.10 Å². The fourth-order valence-electron chi connectivity index (χ4n) is 3.79. The molecule has 0 aliphatic heterocycles. The molecule has 1 spiro atoms. The van der Waals surface area contributed by atoms with Gasteiger partial charge in [0.25, 0.3) is 0 Å². The van der Waals surface area contributed by atoms with Crippen LogP contribution < -0.4 is 4.74 Å².